The van der Waals surface area contributed by atoms with Crippen LogP contribution in [0.25, 0.3) is 0 Å². The number of ether oxygens (including phenoxy) is 1. The molecular weight excluding hydrogens is 222 g/mol. The molecule has 0 heterocycles. The third kappa shape index (κ3) is 4.34. The summed E-state index contributed by atoms with van der Waals surface area (Å²) in [5.41, 5.74) is 6.09. The molecule has 0 spiro atoms. The minimum absolute atomic E-state index is 0.144. The predicted molar refractivity (Wildman–Crippen MR) is 68.5 cm³/mol. The van der Waals surface area contributed by atoms with E-state index in [-0.39, 0.29) is 12.0 Å². The molecule has 0 radical (unpaired) electrons. The maximum atomic E-state index is 11.1. The molecule has 16 heavy (non-hydrogen) atoms. The van der Waals surface area contributed by atoms with Crippen molar-refractivity contribution < 1.29 is 9.53 Å². The lowest BCUT2D eigenvalue weighted by molar-refractivity contribution is -0.137. The first-order valence-corrected chi connectivity index (χ1v) is 7.16. The lowest BCUT2D eigenvalue weighted by Crippen LogP contribution is -2.39. The number of rotatable bonds is 5. The molecule has 4 heteroatoms. The van der Waals surface area contributed by atoms with E-state index in [2.05, 4.69) is 11.7 Å². The van der Waals surface area contributed by atoms with E-state index in [9.17, 15) is 4.79 Å². The van der Waals surface area contributed by atoms with Crippen molar-refractivity contribution in [2.24, 2.45) is 11.7 Å². The Bertz CT molecular complexity index is 223. The third-order valence-electron chi connectivity index (χ3n) is 3.29. The van der Waals surface area contributed by atoms with E-state index in [4.69, 9.17) is 5.73 Å². The molecule has 2 N–H and O–H groups in total. The van der Waals surface area contributed by atoms with Gasteiger partial charge in [-0.1, -0.05) is 19.8 Å². The van der Waals surface area contributed by atoms with Gasteiger partial charge in [0.15, 0.2) is 0 Å². The van der Waals surface area contributed by atoms with Crippen LogP contribution in [0.3, 0.4) is 0 Å². The molecule has 1 saturated carbocycles. The summed E-state index contributed by atoms with van der Waals surface area (Å²) in [6.07, 6.45) is 6.06. The topological polar surface area (TPSA) is 52.3 Å². The minimum atomic E-state index is -0.144. The van der Waals surface area contributed by atoms with Crippen molar-refractivity contribution in [1.82, 2.24) is 0 Å². The van der Waals surface area contributed by atoms with Gasteiger partial charge in [-0.25, -0.2) is 0 Å². The van der Waals surface area contributed by atoms with Gasteiger partial charge in [0.05, 0.1) is 12.9 Å². The zero-order valence-corrected chi connectivity index (χ0v) is 11.1. The van der Waals surface area contributed by atoms with Crippen molar-refractivity contribution in [1.29, 1.82) is 0 Å². The van der Waals surface area contributed by atoms with Crippen molar-refractivity contribution in [2.45, 2.75) is 50.3 Å². The zero-order valence-electron chi connectivity index (χ0n) is 10.3. The van der Waals surface area contributed by atoms with Crippen LogP contribution in [0, 0.1) is 5.92 Å². The first kappa shape index (κ1) is 13.8. The largest absolute Gasteiger partial charge is 0.468 e. The van der Waals surface area contributed by atoms with E-state index >= 15 is 0 Å². The van der Waals surface area contributed by atoms with E-state index < -0.39 is 0 Å². The second-order valence-electron chi connectivity index (χ2n) is 4.56. The fraction of sp³-hybridized carbons (Fsp3) is 0.917. The van der Waals surface area contributed by atoms with Gasteiger partial charge in [0.1, 0.15) is 0 Å². The van der Waals surface area contributed by atoms with Gasteiger partial charge < -0.3 is 10.5 Å². The molecule has 0 saturated heterocycles. The molecule has 0 aromatic rings. The average molecular weight is 245 g/mol. The molecule has 3 atom stereocenters. The Morgan fingerprint density at radius 3 is 2.88 bits per heavy atom. The Morgan fingerprint density at radius 2 is 2.25 bits per heavy atom. The summed E-state index contributed by atoms with van der Waals surface area (Å²) in [6.45, 7) is 2.23. The molecule has 0 bridgehead atoms. The summed E-state index contributed by atoms with van der Waals surface area (Å²) >= 11 is 1.67. The van der Waals surface area contributed by atoms with E-state index in [1.807, 2.05) is 0 Å². The number of methoxy groups -OCH3 is 1. The van der Waals surface area contributed by atoms with Crippen LogP contribution in [0.2, 0.25) is 0 Å². The lowest BCUT2D eigenvalue weighted by atomic mass is 9.83. The molecule has 1 fully saturated rings. The predicted octanol–water partition coefficient (Wildman–Crippen LogP) is 2.19. The van der Waals surface area contributed by atoms with Gasteiger partial charge in [-0.05, 0) is 25.2 Å². The summed E-state index contributed by atoms with van der Waals surface area (Å²) in [5.74, 6) is 1.10. The summed E-state index contributed by atoms with van der Waals surface area (Å²) in [4.78, 5) is 11.1. The van der Waals surface area contributed by atoms with Gasteiger partial charge in [0.2, 0.25) is 0 Å². The third-order valence-corrected chi connectivity index (χ3v) is 4.66. The average Bonchev–Trinajstić information content (AvgIpc) is 2.29. The van der Waals surface area contributed by atoms with Crippen molar-refractivity contribution >= 4 is 17.7 Å². The first-order valence-electron chi connectivity index (χ1n) is 6.11. The number of thioether (sulfide) groups is 1. The fourth-order valence-corrected chi connectivity index (χ4v) is 3.59. The van der Waals surface area contributed by atoms with Gasteiger partial charge in [0.25, 0.3) is 0 Å². The van der Waals surface area contributed by atoms with E-state index in [1.165, 1.54) is 26.4 Å². The van der Waals surface area contributed by atoms with Gasteiger partial charge in [-0.15, -0.1) is 11.8 Å². The molecule has 0 aliphatic heterocycles. The van der Waals surface area contributed by atoms with Crippen LogP contribution >= 0.6 is 11.8 Å². The van der Waals surface area contributed by atoms with E-state index in [1.54, 1.807) is 11.8 Å². The summed E-state index contributed by atoms with van der Waals surface area (Å²) in [6, 6.07) is 0.253. The smallest absolute Gasteiger partial charge is 0.315 e. The Balaban J connectivity index is 2.34. The molecule has 0 amide bonds. The highest BCUT2D eigenvalue weighted by Gasteiger charge is 2.28. The van der Waals surface area contributed by atoms with E-state index in [0.717, 1.165) is 18.8 Å². The van der Waals surface area contributed by atoms with Gasteiger partial charge in [0, 0.05) is 11.3 Å². The first-order chi connectivity index (χ1) is 7.67. The van der Waals surface area contributed by atoms with Crippen molar-refractivity contribution in [3.8, 4) is 0 Å². The Labute approximate surface area is 102 Å². The molecule has 1 rings (SSSR count). The highest BCUT2D eigenvalue weighted by atomic mass is 32.2. The monoisotopic (exact) mass is 245 g/mol. The molecule has 94 valence electrons. The number of hydrogen-bond acceptors (Lipinski definition) is 4. The maximum Gasteiger partial charge on any atom is 0.315 e. The second kappa shape index (κ2) is 7.17. The highest BCUT2D eigenvalue weighted by molar-refractivity contribution is 8.00. The fourth-order valence-electron chi connectivity index (χ4n) is 2.33. The quantitative estimate of drug-likeness (QED) is 0.754. The number of carbonyl (C=O) groups excluding carboxylic acids is 1. The Hall–Kier alpha value is -0.220. The lowest BCUT2D eigenvalue weighted by Gasteiger charge is -2.33. The number of hydrogen-bond donors (Lipinski definition) is 1. The van der Waals surface area contributed by atoms with Crippen LogP contribution in [-0.4, -0.2) is 30.1 Å². The molecule has 3 nitrogen and oxygen atoms in total. The Morgan fingerprint density at radius 1 is 1.50 bits per heavy atom. The normalized spacial score (nSPS) is 30.1. The standard InChI is InChI=1S/C12H23NO2S/c1-3-4-9-5-6-10(13)11(7-9)16-8-12(14)15-2/h9-11H,3-8,13H2,1-2H3. The van der Waals surface area contributed by atoms with Crippen molar-refractivity contribution in [3.05, 3.63) is 0 Å². The van der Waals surface area contributed by atoms with Crippen molar-refractivity contribution in [2.75, 3.05) is 12.9 Å². The molecule has 0 aromatic carbocycles. The summed E-state index contributed by atoms with van der Waals surface area (Å²) in [7, 11) is 1.43. The molecule has 1 aliphatic carbocycles. The summed E-state index contributed by atoms with van der Waals surface area (Å²) in [5, 5.41) is 0.435. The van der Waals surface area contributed by atoms with Crippen LogP contribution < -0.4 is 5.73 Å². The van der Waals surface area contributed by atoms with Gasteiger partial charge in [-0.3, -0.25) is 4.79 Å². The number of nitrogens with two attached hydrogens (primary N) is 1. The van der Waals surface area contributed by atoms with Gasteiger partial charge >= 0.3 is 5.97 Å². The molecular formula is C12H23NO2S. The highest BCUT2D eigenvalue weighted by Crippen LogP contribution is 2.33. The Kier molecular flexibility index (Phi) is 6.21. The minimum Gasteiger partial charge on any atom is -0.468 e. The van der Waals surface area contributed by atoms with Crippen molar-refractivity contribution in [3.63, 3.8) is 0 Å². The van der Waals surface area contributed by atoms with Gasteiger partial charge in [-0.2, -0.15) is 0 Å². The molecule has 3 unspecified atom stereocenters. The van der Waals surface area contributed by atoms with Crippen LogP contribution in [-0.2, 0) is 9.53 Å². The van der Waals surface area contributed by atoms with Crippen LogP contribution in [0.15, 0.2) is 0 Å². The van der Waals surface area contributed by atoms with Crippen LogP contribution in [0.5, 0.6) is 0 Å². The second-order valence-corrected chi connectivity index (χ2v) is 5.78. The molecule has 1 aliphatic rings. The number of esters is 1. The summed E-state index contributed by atoms with van der Waals surface area (Å²) < 4.78 is 4.65. The van der Waals surface area contributed by atoms with Crippen LogP contribution in [0.4, 0.5) is 0 Å². The molecule has 0 aromatic heterocycles. The zero-order chi connectivity index (χ0) is 12.0. The van der Waals surface area contributed by atoms with E-state index in [0.29, 0.717) is 11.0 Å². The number of carbonyl (C=O) groups is 1. The maximum absolute atomic E-state index is 11.1. The van der Waals surface area contributed by atoms with Crippen LogP contribution in [0.1, 0.15) is 39.0 Å². The SMILES string of the molecule is CCCC1CCC(N)C(SCC(=O)OC)C1.